The van der Waals surface area contributed by atoms with Gasteiger partial charge in [0.05, 0.1) is 11.4 Å². The highest BCUT2D eigenvalue weighted by atomic mass is 32.1. The molecule has 0 spiro atoms. The van der Waals surface area contributed by atoms with E-state index in [4.69, 9.17) is 11.5 Å². The number of para-hydroxylation sites is 1. The first-order valence-electron chi connectivity index (χ1n) is 5.01. The lowest BCUT2D eigenvalue weighted by Gasteiger charge is -2.16. The highest BCUT2D eigenvalue weighted by Gasteiger charge is 2.17. The third-order valence-electron chi connectivity index (χ3n) is 2.17. The summed E-state index contributed by atoms with van der Waals surface area (Å²) in [6, 6.07) is 8.58. The molecule has 0 aliphatic rings. The lowest BCUT2D eigenvalue weighted by atomic mass is 10.3. The molecule has 0 radical (unpaired) electrons. The van der Waals surface area contributed by atoms with Crippen LogP contribution in [0.3, 0.4) is 0 Å². The number of nitrogens with two attached hydrogens (primary N) is 2. The van der Waals surface area contributed by atoms with Crippen LogP contribution in [0.2, 0.25) is 0 Å². The Morgan fingerprint density at radius 1 is 1.35 bits per heavy atom. The van der Waals surface area contributed by atoms with Crippen molar-refractivity contribution in [1.29, 1.82) is 0 Å². The molecule has 88 valence electrons. The van der Waals surface area contributed by atoms with Crippen molar-refractivity contribution in [3.63, 3.8) is 0 Å². The van der Waals surface area contributed by atoms with Gasteiger partial charge in [0, 0.05) is 11.9 Å². The minimum atomic E-state index is -0.561. The number of rotatable bonds is 3. The molecular formula is C11H12N4OS. The first kappa shape index (κ1) is 11.6. The summed E-state index contributed by atoms with van der Waals surface area (Å²) >= 11 is 1.34. The van der Waals surface area contributed by atoms with E-state index >= 15 is 0 Å². The quantitative estimate of drug-likeness (QED) is 0.868. The number of hydrogen-bond acceptors (Lipinski definition) is 4. The zero-order valence-electron chi connectivity index (χ0n) is 9.04. The first-order chi connectivity index (χ1) is 8.22. The SMILES string of the molecule is NCc1csc(N(C(N)=O)c2ccccc2)n1. The first-order valence-corrected chi connectivity index (χ1v) is 5.89. The third-order valence-corrected chi connectivity index (χ3v) is 3.05. The van der Waals surface area contributed by atoms with Crippen LogP contribution in [-0.4, -0.2) is 11.0 Å². The highest BCUT2D eigenvalue weighted by Crippen LogP contribution is 2.27. The standard InChI is InChI=1S/C11H12N4OS/c12-6-8-7-17-11(14-8)15(10(13)16)9-4-2-1-3-5-9/h1-5,7H,6,12H2,(H2,13,16). The van der Waals surface area contributed by atoms with Gasteiger partial charge in [0.15, 0.2) is 5.13 Å². The van der Waals surface area contributed by atoms with Crippen LogP contribution in [-0.2, 0) is 6.54 Å². The second-order valence-corrected chi connectivity index (χ2v) is 4.17. The van der Waals surface area contributed by atoms with E-state index in [1.807, 2.05) is 23.6 Å². The van der Waals surface area contributed by atoms with E-state index in [0.29, 0.717) is 17.4 Å². The maximum Gasteiger partial charge on any atom is 0.325 e. The minimum Gasteiger partial charge on any atom is -0.351 e. The number of amides is 2. The Labute approximate surface area is 103 Å². The fraction of sp³-hybridized carbons (Fsp3) is 0.0909. The summed E-state index contributed by atoms with van der Waals surface area (Å²) in [6.45, 7) is 0.345. The molecule has 1 aromatic heterocycles. The van der Waals surface area contributed by atoms with Gasteiger partial charge in [-0.3, -0.25) is 0 Å². The van der Waals surface area contributed by atoms with E-state index in [1.54, 1.807) is 12.1 Å². The van der Waals surface area contributed by atoms with Crippen LogP contribution in [0.1, 0.15) is 5.69 Å². The number of aromatic nitrogens is 1. The second kappa shape index (κ2) is 4.94. The van der Waals surface area contributed by atoms with Crippen LogP contribution < -0.4 is 16.4 Å². The van der Waals surface area contributed by atoms with Crippen LogP contribution >= 0.6 is 11.3 Å². The number of nitrogens with zero attached hydrogens (tertiary/aromatic N) is 2. The molecular weight excluding hydrogens is 236 g/mol. The van der Waals surface area contributed by atoms with E-state index in [-0.39, 0.29) is 0 Å². The zero-order valence-corrected chi connectivity index (χ0v) is 9.85. The topological polar surface area (TPSA) is 85.2 Å². The van der Waals surface area contributed by atoms with Gasteiger partial charge in [-0.2, -0.15) is 0 Å². The maximum atomic E-state index is 11.5. The molecule has 1 aromatic carbocycles. The third kappa shape index (κ3) is 2.43. The van der Waals surface area contributed by atoms with E-state index in [9.17, 15) is 4.79 Å². The molecule has 4 N–H and O–H groups in total. The van der Waals surface area contributed by atoms with E-state index in [2.05, 4.69) is 4.98 Å². The van der Waals surface area contributed by atoms with E-state index < -0.39 is 6.03 Å². The van der Waals surface area contributed by atoms with Gasteiger partial charge in [-0.05, 0) is 12.1 Å². The van der Waals surface area contributed by atoms with Gasteiger partial charge in [0.2, 0.25) is 0 Å². The largest absolute Gasteiger partial charge is 0.351 e. The lowest BCUT2D eigenvalue weighted by Crippen LogP contribution is -2.31. The van der Waals surface area contributed by atoms with Crippen molar-refractivity contribution in [1.82, 2.24) is 4.98 Å². The van der Waals surface area contributed by atoms with Crippen molar-refractivity contribution < 1.29 is 4.79 Å². The van der Waals surface area contributed by atoms with Gasteiger partial charge in [0.25, 0.3) is 0 Å². The van der Waals surface area contributed by atoms with E-state index in [0.717, 1.165) is 5.69 Å². The average Bonchev–Trinajstić information content (AvgIpc) is 2.79. The van der Waals surface area contributed by atoms with E-state index in [1.165, 1.54) is 16.2 Å². The van der Waals surface area contributed by atoms with Crippen molar-refractivity contribution in [3.8, 4) is 0 Å². The molecule has 0 saturated heterocycles. The Morgan fingerprint density at radius 2 is 2.06 bits per heavy atom. The molecule has 0 atom stereocenters. The lowest BCUT2D eigenvalue weighted by molar-refractivity contribution is 0.256. The Morgan fingerprint density at radius 3 is 2.59 bits per heavy atom. The summed E-state index contributed by atoms with van der Waals surface area (Å²) in [5, 5.41) is 2.35. The molecule has 2 aromatic rings. The number of thiazole rings is 1. The highest BCUT2D eigenvalue weighted by molar-refractivity contribution is 7.14. The molecule has 0 unspecified atom stereocenters. The predicted molar refractivity (Wildman–Crippen MR) is 68.2 cm³/mol. The van der Waals surface area contributed by atoms with Crippen LogP contribution in [0.4, 0.5) is 15.6 Å². The van der Waals surface area contributed by atoms with Gasteiger partial charge >= 0.3 is 6.03 Å². The predicted octanol–water partition coefficient (Wildman–Crippen LogP) is 1.82. The molecule has 0 saturated carbocycles. The zero-order chi connectivity index (χ0) is 12.3. The Balaban J connectivity index is 2.39. The van der Waals surface area contributed by atoms with Crippen LogP contribution in [0.5, 0.6) is 0 Å². The maximum absolute atomic E-state index is 11.5. The molecule has 0 aliphatic carbocycles. The van der Waals surface area contributed by atoms with Crippen molar-refractivity contribution in [3.05, 3.63) is 41.4 Å². The Hall–Kier alpha value is -1.92. The number of anilines is 2. The smallest absolute Gasteiger partial charge is 0.325 e. The molecule has 6 heteroatoms. The summed E-state index contributed by atoms with van der Waals surface area (Å²) in [5.41, 5.74) is 12.3. The average molecular weight is 248 g/mol. The van der Waals surface area contributed by atoms with Gasteiger partial charge in [-0.15, -0.1) is 11.3 Å². The van der Waals surface area contributed by atoms with Crippen molar-refractivity contribution >= 4 is 28.2 Å². The van der Waals surface area contributed by atoms with Crippen molar-refractivity contribution in [2.45, 2.75) is 6.54 Å². The monoisotopic (exact) mass is 248 g/mol. The fourth-order valence-electron chi connectivity index (χ4n) is 1.40. The van der Waals surface area contributed by atoms with Crippen molar-refractivity contribution in [2.24, 2.45) is 11.5 Å². The molecule has 2 amide bonds. The second-order valence-electron chi connectivity index (χ2n) is 3.33. The molecule has 2 rings (SSSR count). The molecule has 0 fully saturated rings. The van der Waals surface area contributed by atoms with Gasteiger partial charge < -0.3 is 11.5 Å². The summed E-state index contributed by atoms with van der Waals surface area (Å²) in [7, 11) is 0. The molecule has 17 heavy (non-hydrogen) atoms. The number of carbonyl (C=O) groups is 1. The number of primary amides is 1. The summed E-state index contributed by atoms with van der Waals surface area (Å²) < 4.78 is 0. The van der Waals surface area contributed by atoms with Gasteiger partial charge in [-0.1, -0.05) is 18.2 Å². The molecule has 0 bridgehead atoms. The van der Waals surface area contributed by atoms with Gasteiger partial charge in [0.1, 0.15) is 0 Å². The van der Waals surface area contributed by atoms with Crippen LogP contribution in [0.25, 0.3) is 0 Å². The van der Waals surface area contributed by atoms with Crippen LogP contribution in [0, 0.1) is 0 Å². The minimum absolute atomic E-state index is 0.345. The van der Waals surface area contributed by atoms with Crippen LogP contribution in [0.15, 0.2) is 35.7 Å². The molecule has 5 nitrogen and oxygen atoms in total. The molecule has 1 heterocycles. The fourth-order valence-corrected chi connectivity index (χ4v) is 2.26. The normalized spacial score (nSPS) is 10.2. The number of hydrogen-bond donors (Lipinski definition) is 2. The number of carbonyl (C=O) groups excluding carboxylic acids is 1. The summed E-state index contributed by atoms with van der Waals surface area (Å²) in [4.78, 5) is 17.1. The van der Waals surface area contributed by atoms with Crippen molar-refractivity contribution in [2.75, 3.05) is 4.90 Å². The number of benzene rings is 1. The Bertz CT molecular complexity index is 511. The Kier molecular flexibility index (Phi) is 3.36. The molecule has 0 aliphatic heterocycles. The van der Waals surface area contributed by atoms with Gasteiger partial charge in [-0.25, -0.2) is 14.7 Å². The summed E-state index contributed by atoms with van der Waals surface area (Å²) in [5.74, 6) is 0. The number of urea groups is 1. The summed E-state index contributed by atoms with van der Waals surface area (Å²) in [6.07, 6.45) is 0.